The fourth-order valence-electron chi connectivity index (χ4n) is 1.93. The maximum absolute atomic E-state index is 10.8. The van der Waals surface area contributed by atoms with E-state index in [0.717, 1.165) is 16.3 Å². The number of hydrogen-bond acceptors (Lipinski definition) is 3. The summed E-state index contributed by atoms with van der Waals surface area (Å²) in [7, 11) is 0. The van der Waals surface area contributed by atoms with E-state index < -0.39 is 4.92 Å². The molecule has 0 aliphatic carbocycles. The lowest BCUT2D eigenvalue weighted by molar-refractivity contribution is -0.384. The molecule has 0 unspecified atom stereocenters. The number of nitro groups is 1. The fraction of sp³-hybridized carbons (Fsp3) is 0. The van der Waals surface area contributed by atoms with Gasteiger partial charge in [-0.15, -0.1) is 0 Å². The molecule has 5 heteroatoms. The summed E-state index contributed by atoms with van der Waals surface area (Å²) in [6.45, 7) is 0. The van der Waals surface area contributed by atoms with Crippen molar-refractivity contribution in [2.24, 2.45) is 0 Å². The Morgan fingerprint density at radius 3 is 2.61 bits per heavy atom. The zero-order valence-corrected chi connectivity index (χ0v) is 9.89. The molecule has 0 fully saturated rings. The molecule has 0 amide bonds. The third-order valence-electron chi connectivity index (χ3n) is 2.78. The van der Waals surface area contributed by atoms with Gasteiger partial charge in [-0.25, -0.2) is 4.98 Å². The summed E-state index contributed by atoms with van der Waals surface area (Å²) in [6.07, 6.45) is 0. The summed E-state index contributed by atoms with van der Waals surface area (Å²) in [5.74, 6) is 0. The molecule has 0 N–H and O–H groups in total. The highest BCUT2D eigenvalue weighted by Crippen LogP contribution is 2.30. The average Bonchev–Trinajstić information content (AvgIpc) is 2.35. The Kier molecular flexibility index (Phi) is 2.38. The molecule has 2 aromatic carbocycles. The van der Waals surface area contributed by atoms with E-state index in [1.807, 2.05) is 30.3 Å². The number of hydrogen-bond donors (Lipinski definition) is 0. The van der Waals surface area contributed by atoms with E-state index in [4.69, 9.17) is 11.6 Å². The average molecular weight is 259 g/mol. The van der Waals surface area contributed by atoms with Gasteiger partial charge in [-0.05, 0) is 18.2 Å². The number of para-hydroxylation sites is 1. The van der Waals surface area contributed by atoms with Crippen molar-refractivity contribution in [1.29, 1.82) is 0 Å². The lowest BCUT2D eigenvalue weighted by Gasteiger charge is -2.02. The van der Waals surface area contributed by atoms with E-state index >= 15 is 0 Å². The minimum atomic E-state index is -0.501. The van der Waals surface area contributed by atoms with Gasteiger partial charge >= 0.3 is 0 Å². The first kappa shape index (κ1) is 10.9. The molecule has 0 atom stereocenters. The van der Waals surface area contributed by atoms with Crippen molar-refractivity contribution in [2.75, 3.05) is 0 Å². The summed E-state index contributed by atoms with van der Waals surface area (Å²) in [4.78, 5) is 14.7. The minimum absolute atomic E-state index is 0.119. The van der Waals surface area contributed by atoms with Crippen molar-refractivity contribution in [3.05, 3.63) is 57.6 Å². The van der Waals surface area contributed by atoms with Crippen LogP contribution in [0.1, 0.15) is 0 Å². The quantitative estimate of drug-likeness (QED) is 0.377. The number of nitrogens with zero attached hydrogens (tertiary/aromatic N) is 2. The molecule has 1 heterocycles. The number of halogens is 1. The summed E-state index contributed by atoms with van der Waals surface area (Å²) in [6, 6.07) is 12.5. The van der Waals surface area contributed by atoms with E-state index in [-0.39, 0.29) is 10.7 Å². The summed E-state index contributed by atoms with van der Waals surface area (Å²) in [5.41, 5.74) is 1.26. The largest absolute Gasteiger partial charge is 0.290 e. The highest BCUT2D eigenvalue weighted by molar-refractivity contribution is 6.33. The number of pyridine rings is 1. The van der Waals surface area contributed by atoms with E-state index in [0.29, 0.717) is 5.52 Å². The number of benzene rings is 2. The molecular weight excluding hydrogens is 252 g/mol. The molecule has 4 nitrogen and oxygen atoms in total. The van der Waals surface area contributed by atoms with Gasteiger partial charge in [0.25, 0.3) is 5.69 Å². The van der Waals surface area contributed by atoms with Crippen molar-refractivity contribution in [3.63, 3.8) is 0 Å². The maximum Gasteiger partial charge on any atom is 0.290 e. The third-order valence-corrected chi connectivity index (χ3v) is 3.08. The molecule has 0 saturated heterocycles. The highest BCUT2D eigenvalue weighted by atomic mass is 35.5. The van der Waals surface area contributed by atoms with Crippen LogP contribution in [-0.4, -0.2) is 9.91 Å². The lowest BCUT2D eigenvalue weighted by Crippen LogP contribution is -1.90. The lowest BCUT2D eigenvalue weighted by atomic mass is 10.1. The highest BCUT2D eigenvalue weighted by Gasteiger charge is 2.14. The first-order valence-electron chi connectivity index (χ1n) is 5.28. The standard InChI is InChI=1S/C13H7ClN2O2/c14-10-6-9-5-8-3-1-2-4-11(8)15-12(9)7-13(10)16(17)18/h1-7H. The Balaban J connectivity index is 2.40. The fourth-order valence-corrected chi connectivity index (χ4v) is 2.17. The van der Waals surface area contributed by atoms with Crippen molar-refractivity contribution >= 4 is 39.1 Å². The van der Waals surface area contributed by atoms with Gasteiger partial charge < -0.3 is 0 Å². The second-order valence-corrected chi connectivity index (χ2v) is 4.34. The van der Waals surface area contributed by atoms with Crippen LogP contribution in [-0.2, 0) is 0 Å². The SMILES string of the molecule is O=[N+]([O-])c1cc2nc3ccccc3cc2cc1Cl. The van der Waals surface area contributed by atoms with Gasteiger partial charge in [0.05, 0.1) is 16.0 Å². The molecule has 0 saturated carbocycles. The zero-order valence-electron chi connectivity index (χ0n) is 9.13. The number of nitro benzene ring substituents is 1. The van der Waals surface area contributed by atoms with Crippen LogP contribution in [0.3, 0.4) is 0 Å². The van der Waals surface area contributed by atoms with Gasteiger partial charge in [0.15, 0.2) is 0 Å². The predicted octanol–water partition coefficient (Wildman–Crippen LogP) is 3.95. The second kappa shape index (κ2) is 3.92. The molecule has 0 bridgehead atoms. The Labute approximate surface area is 107 Å². The number of aromatic nitrogens is 1. The molecule has 88 valence electrons. The van der Waals surface area contributed by atoms with Crippen LogP contribution >= 0.6 is 11.6 Å². The molecular formula is C13H7ClN2O2. The van der Waals surface area contributed by atoms with Crippen molar-refractivity contribution in [2.45, 2.75) is 0 Å². The van der Waals surface area contributed by atoms with Crippen LogP contribution in [0.2, 0.25) is 5.02 Å². The molecule has 0 aliphatic heterocycles. The van der Waals surface area contributed by atoms with Crippen LogP contribution in [0.4, 0.5) is 5.69 Å². The summed E-state index contributed by atoms with van der Waals surface area (Å²) in [5, 5.41) is 12.7. The normalized spacial score (nSPS) is 10.9. The first-order chi connectivity index (χ1) is 8.65. The smallest absolute Gasteiger partial charge is 0.258 e. The molecule has 3 aromatic rings. The van der Waals surface area contributed by atoms with Crippen LogP contribution < -0.4 is 0 Å². The Morgan fingerprint density at radius 1 is 1.06 bits per heavy atom. The monoisotopic (exact) mass is 258 g/mol. The molecule has 0 spiro atoms. The number of fused-ring (bicyclic) bond motifs is 2. The third kappa shape index (κ3) is 1.67. The van der Waals surface area contributed by atoms with Gasteiger partial charge in [0.1, 0.15) is 5.02 Å². The van der Waals surface area contributed by atoms with E-state index in [2.05, 4.69) is 4.98 Å². The van der Waals surface area contributed by atoms with E-state index in [1.54, 1.807) is 6.07 Å². The summed E-state index contributed by atoms with van der Waals surface area (Å²) >= 11 is 5.88. The van der Waals surface area contributed by atoms with Gasteiger partial charge in [-0.1, -0.05) is 29.8 Å². The Morgan fingerprint density at radius 2 is 1.83 bits per heavy atom. The van der Waals surface area contributed by atoms with Gasteiger partial charge in [-0.2, -0.15) is 0 Å². The van der Waals surface area contributed by atoms with Crippen LogP contribution in [0.15, 0.2) is 42.5 Å². The molecule has 1 aromatic heterocycles. The zero-order chi connectivity index (χ0) is 12.7. The molecule has 0 radical (unpaired) electrons. The maximum atomic E-state index is 10.8. The van der Waals surface area contributed by atoms with E-state index in [1.165, 1.54) is 6.07 Å². The van der Waals surface area contributed by atoms with Gasteiger partial charge in [0, 0.05) is 16.8 Å². The first-order valence-corrected chi connectivity index (χ1v) is 5.66. The van der Waals surface area contributed by atoms with Crippen molar-refractivity contribution in [1.82, 2.24) is 4.98 Å². The summed E-state index contributed by atoms with van der Waals surface area (Å²) < 4.78 is 0. The number of rotatable bonds is 1. The molecule has 18 heavy (non-hydrogen) atoms. The van der Waals surface area contributed by atoms with Crippen LogP contribution in [0, 0.1) is 10.1 Å². The van der Waals surface area contributed by atoms with Crippen molar-refractivity contribution < 1.29 is 4.92 Å². The molecule has 3 rings (SSSR count). The Bertz CT molecular complexity index is 786. The van der Waals surface area contributed by atoms with Crippen LogP contribution in [0.5, 0.6) is 0 Å². The van der Waals surface area contributed by atoms with Gasteiger partial charge in [0.2, 0.25) is 0 Å². The predicted molar refractivity (Wildman–Crippen MR) is 70.9 cm³/mol. The Hall–Kier alpha value is -2.20. The minimum Gasteiger partial charge on any atom is -0.258 e. The van der Waals surface area contributed by atoms with E-state index in [9.17, 15) is 10.1 Å². The molecule has 0 aliphatic rings. The topological polar surface area (TPSA) is 56.0 Å². The second-order valence-electron chi connectivity index (χ2n) is 3.93. The van der Waals surface area contributed by atoms with Crippen LogP contribution in [0.25, 0.3) is 21.8 Å². The van der Waals surface area contributed by atoms with Gasteiger partial charge in [-0.3, -0.25) is 10.1 Å². The van der Waals surface area contributed by atoms with Crippen molar-refractivity contribution in [3.8, 4) is 0 Å².